The number of imidazole rings is 2. The number of aromatic amines is 2. The van der Waals surface area contributed by atoms with Gasteiger partial charge in [0.25, 0.3) is 11.8 Å². The summed E-state index contributed by atoms with van der Waals surface area (Å²) < 4.78 is 44.8. The van der Waals surface area contributed by atoms with Crippen molar-refractivity contribution < 1.29 is 57.2 Å². The molecule has 97 heavy (non-hydrogen) atoms. The lowest BCUT2D eigenvalue weighted by Gasteiger charge is -2.32. The molecule has 6 amide bonds. The van der Waals surface area contributed by atoms with Crippen molar-refractivity contribution in [2.75, 3.05) is 43.0 Å². The van der Waals surface area contributed by atoms with Crippen molar-refractivity contribution in [2.24, 2.45) is 0 Å². The third-order valence-electron chi connectivity index (χ3n) is 17.6. The van der Waals surface area contributed by atoms with E-state index < -0.39 is 60.3 Å². The van der Waals surface area contributed by atoms with E-state index in [4.69, 9.17) is 9.47 Å². The molecule has 0 aliphatic carbocycles. The van der Waals surface area contributed by atoms with E-state index in [-0.39, 0.29) is 37.0 Å². The fourth-order valence-electron chi connectivity index (χ4n) is 12.8. The monoisotopic (exact) mass is 1310 g/mol. The highest BCUT2D eigenvalue weighted by atomic mass is 19.1. The van der Waals surface area contributed by atoms with Crippen molar-refractivity contribution in [2.45, 2.75) is 75.1 Å². The van der Waals surface area contributed by atoms with Crippen LogP contribution < -0.4 is 15.1 Å². The van der Waals surface area contributed by atoms with Crippen molar-refractivity contribution in [3.63, 3.8) is 0 Å². The Balaban J connectivity index is 0.000000175. The van der Waals surface area contributed by atoms with Crippen molar-refractivity contribution in [1.29, 1.82) is 0 Å². The molecule has 4 fully saturated rings. The summed E-state index contributed by atoms with van der Waals surface area (Å²) in [5, 5.41) is 36.8. The van der Waals surface area contributed by atoms with Gasteiger partial charge in [0.2, 0.25) is 0 Å². The van der Waals surface area contributed by atoms with Gasteiger partial charge in [-0.3, -0.25) is 24.3 Å². The number of benzene rings is 6. The number of hydrogen-bond acceptors (Lipinski definition) is 14. The summed E-state index contributed by atoms with van der Waals surface area (Å²) in [5.41, 5.74) is 7.13. The molecular weight excluding hydrogens is 1250 g/mol. The first-order valence-electron chi connectivity index (χ1n) is 31.3. The molecule has 0 spiro atoms. The molecule has 0 radical (unpaired) electrons. The van der Waals surface area contributed by atoms with E-state index >= 15 is 8.78 Å². The van der Waals surface area contributed by atoms with Crippen LogP contribution in [0.2, 0.25) is 0 Å². The number of cyclic esters (lactones) is 2. The van der Waals surface area contributed by atoms with E-state index in [0.29, 0.717) is 95.4 Å². The van der Waals surface area contributed by atoms with Crippen LogP contribution in [0.5, 0.6) is 0 Å². The normalized spacial score (nSPS) is 18.1. The van der Waals surface area contributed by atoms with Gasteiger partial charge >= 0.3 is 24.4 Å². The molecule has 0 bridgehead atoms. The number of H-pyrrole nitrogens is 2. The first-order chi connectivity index (χ1) is 47.1. The van der Waals surface area contributed by atoms with Gasteiger partial charge in [-0.15, -0.1) is 10.2 Å². The largest absolute Gasteiger partial charge is 0.465 e. The van der Waals surface area contributed by atoms with Crippen molar-refractivity contribution in [3.8, 4) is 44.8 Å². The quantitative estimate of drug-likeness (QED) is 0.0533. The number of rotatable bonds is 18. The third kappa shape index (κ3) is 13.8. The van der Waals surface area contributed by atoms with E-state index in [1.165, 1.54) is 29.0 Å². The molecular formula is C69H64F2N16O10. The third-order valence-corrected chi connectivity index (χ3v) is 17.6. The maximum Gasteiger partial charge on any atom is 0.414 e. The van der Waals surface area contributed by atoms with Crippen LogP contribution in [0.3, 0.4) is 0 Å². The number of carbonyl (C=O) groups is 6. The zero-order chi connectivity index (χ0) is 67.3. The van der Waals surface area contributed by atoms with Crippen LogP contribution in [-0.4, -0.2) is 156 Å². The summed E-state index contributed by atoms with van der Waals surface area (Å²) in [5.74, 6) is -0.381. The molecule has 10 aromatic rings. The zero-order valence-electron chi connectivity index (χ0n) is 52.1. The van der Waals surface area contributed by atoms with Gasteiger partial charge in [0, 0.05) is 43.7 Å². The molecule has 28 heteroatoms. The molecule has 4 saturated heterocycles. The smallest absolute Gasteiger partial charge is 0.414 e. The molecule has 0 unspecified atom stereocenters. The Hall–Kier alpha value is -12.1. The molecule has 6 atom stereocenters. The Morgan fingerprint density at radius 3 is 1.46 bits per heavy atom. The topological polar surface area (TPSA) is 308 Å². The fraction of sp³-hybridized carbons (Fsp3) is 0.246. The van der Waals surface area contributed by atoms with Gasteiger partial charge in [0.1, 0.15) is 47.6 Å². The lowest BCUT2D eigenvalue weighted by atomic mass is 10.0. The summed E-state index contributed by atoms with van der Waals surface area (Å²) in [6.07, 6.45) is 8.27. The molecule has 0 saturated carbocycles. The first-order valence-corrected chi connectivity index (χ1v) is 31.3. The van der Waals surface area contributed by atoms with Gasteiger partial charge < -0.3 is 44.8 Å². The maximum absolute atomic E-state index is 15.4. The number of aromatic nitrogens is 10. The number of nitrogens with zero attached hydrogens (tertiary/aromatic N) is 13. The highest BCUT2D eigenvalue weighted by Crippen LogP contribution is 2.39. The van der Waals surface area contributed by atoms with Crippen molar-refractivity contribution in [1.82, 2.24) is 69.9 Å². The second-order valence-corrected chi connectivity index (χ2v) is 23.7. The van der Waals surface area contributed by atoms with Crippen LogP contribution >= 0.6 is 0 Å². The minimum Gasteiger partial charge on any atom is -0.465 e. The minimum atomic E-state index is -1.28. The standard InChI is InChI=1S/C35H33FN8O5.C34H31FN8O5/c1-41(34(46)47)31(24-6-3-2-4-7-24)33(45)43-16-5-8-30(43)32-37-19-29(39-32)23-11-9-22(10-12-23)27-14-13-25(18-28(27)36)44-21-26(49-35(44)48)20-42-17-15-38-40-42;35-27-17-24(43-20-25(48-34(43)47)19-41-16-14-37-40-41)12-13-26(27)21-8-10-22(11-9-21)28-18-36-31(38-28)29-7-4-15-42(29)32(44)30(39-33(45)46)23-5-2-1-3-6-23/h2-4,6-7,9-15,17-19,26,30-31H,5,8,16,20-21H2,1H3,(H,37,39)(H,46,47);1-3,5-6,8-14,16-18,25,29-30,39H,4,7,15,19-20H2,(H,36,38)(H,45,46)/t26-,30-,31-;25-,29-,30-/m00/s1. The van der Waals surface area contributed by atoms with E-state index in [1.54, 1.807) is 147 Å². The SMILES string of the molecule is CN(C(=O)O)[C@H](C(=O)N1CCC[C@H]1c1ncc(-c2ccc(-c3ccc(N4C[C@H](Cn5ccnn5)OC4=O)cc3F)cc2)[nH]1)c1ccccc1.O=C(O)N[C@H](C(=O)N1CCC[C@H]1c1ncc(-c2ccc(-c3ccc(N4C[C@H](Cn5ccnn5)OC4=O)cc3F)cc2)[nH]1)c1ccccc1. The number of anilines is 2. The summed E-state index contributed by atoms with van der Waals surface area (Å²) in [6.45, 7) is 2.19. The number of likely N-dealkylation sites (N-methyl/N-ethyl adjacent to an activating group) is 1. The second kappa shape index (κ2) is 27.8. The average molecular weight is 1320 g/mol. The maximum atomic E-state index is 15.4. The summed E-state index contributed by atoms with van der Waals surface area (Å²) >= 11 is 0. The van der Waals surface area contributed by atoms with Crippen molar-refractivity contribution >= 4 is 47.6 Å². The summed E-state index contributed by atoms with van der Waals surface area (Å²) in [7, 11) is 1.40. The lowest BCUT2D eigenvalue weighted by Crippen LogP contribution is -2.43. The van der Waals surface area contributed by atoms with Crippen LogP contribution in [0, 0.1) is 11.6 Å². The van der Waals surface area contributed by atoms with Crippen molar-refractivity contribution in [3.05, 3.63) is 217 Å². The molecule has 26 nitrogen and oxygen atoms in total. The highest BCUT2D eigenvalue weighted by Gasteiger charge is 2.41. The van der Waals surface area contributed by atoms with Gasteiger partial charge in [0.15, 0.2) is 0 Å². The minimum absolute atomic E-state index is 0.262. The van der Waals surface area contributed by atoms with Gasteiger partial charge in [-0.2, -0.15) is 0 Å². The predicted molar refractivity (Wildman–Crippen MR) is 347 cm³/mol. The number of amides is 6. The molecule has 5 N–H and O–H groups in total. The molecule has 4 aliphatic heterocycles. The van der Waals surface area contributed by atoms with E-state index in [1.807, 2.05) is 42.5 Å². The lowest BCUT2D eigenvalue weighted by molar-refractivity contribution is -0.137. The number of halogens is 2. The molecule has 494 valence electrons. The molecule has 4 aliphatic rings. The second-order valence-electron chi connectivity index (χ2n) is 23.7. The molecule has 8 heterocycles. The Bertz CT molecular complexity index is 4470. The molecule has 4 aromatic heterocycles. The van der Waals surface area contributed by atoms with Gasteiger partial charge in [-0.25, -0.2) is 47.3 Å². The van der Waals surface area contributed by atoms with Crippen LogP contribution in [-0.2, 0) is 32.2 Å². The number of nitrogens with one attached hydrogen (secondary N) is 3. The van der Waals surface area contributed by atoms with E-state index in [0.717, 1.165) is 40.3 Å². The number of ether oxygens (including phenoxy) is 2. The highest BCUT2D eigenvalue weighted by molar-refractivity contribution is 5.92. The molecule has 14 rings (SSSR count). The number of hydrogen-bond donors (Lipinski definition) is 5. The number of carbonyl (C=O) groups excluding carboxylic acids is 4. The Kier molecular flexibility index (Phi) is 18.3. The van der Waals surface area contributed by atoms with Crippen LogP contribution in [0.1, 0.15) is 72.6 Å². The first kappa shape index (κ1) is 63.6. The predicted octanol–water partition coefficient (Wildman–Crippen LogP) is 10.7. The Labute approximate surface area is 552 Å². The fourth-order valence-corrected chi connectivity index (χ4v) is 12.8. The molecule has 6 aromatic carbocycles. The van der Waals surface area contributed by atoms with E-state index in [2.05, 4.69) is 45.9 Å². The van der Waals surface area contributed by atoms with Crippen LogP contribution in [0.15, 0.2) is 183 Å². The number of likely N-dealkylation sites (tertiary alicyclic amines) is 2. The Morgan fingerprint density at radius 1 is 0.598 bits per heavy atom. The van der Waals surface area contributed by atoms with E-state index in [9.17, 15) is 39.0 Å². The van der Waals surface area contributed by atoms with Gasteiger partial charge in [-0.1, -0.05) is 120 Å². The van der Waals surface area contributed by atoms with Gasteiger partial charge in [0.05, 0.1) is 85.8 Å². The Morgan fingerprint density at radius 2 is 1.04 bits per heavy atom. The van der Waals surface area contributed by atoms with Crippen LogP contribution in [0.25, 0.3) is 44.8 Å². The summed E-state index contributed by atoms with van der Waals surface area (Å²) in [6, 6.07) is 38.9. The van der Waals surface area contributed by atoms with Crippen LogP contribution in [0.4, 0.5) is 39.3 Å². The number of carboxylic acid groups (broad SMARTS) is 2. The zero-order valence-corrected chi connectivity index (χ0v) is 52.1. The average Bonchev–Trinajstić information content (AvgIpc) is 1.69. The van der Waals surface area contributed by atoms with Gasteiger partial charge in [-0.05, 0) is 95.5 Å². The summed E-state index contributed by atoms with van der Waals surface area (Å²) in [4.78, 5) is 99.0.